The van der Waals surface area contributed by atoms with E-state index in [1.807, 2.05) is 36.4 Å². The highest BCUT2D eigenvalue weighted by atomic mass is 16.5. The van der Waals surface area contributed by atoms with Crippen molar-refractivity contribution in [1.82, 2.24) is 4.98 Å². The maximum Gasteiger partial charge on any atom is 0.258 e. The van der Waals surface area contributed by atoms with Gasteiger partial charge in [-0.1, -0.05) is 30.3 Å². The number of nitrogens with zero attached hydrogens (tertiary/aromatic N) is 1. The van der Waals surface area contributed by atoms with Gasteiger partial charge in [-0.3, -0.25) is 9.59 Å². The van der Waals surface area contributed by atoms with Crippen molar-refractivity contribution in [3.8, 4) is 17.2 Å². The Labute approximate surface area is 191 Å². The molecule has 0 saturated carbocycles. The number of nitrogens with one attached hydrogen (secondary N) is 1. The van der Waals surface area contributed by atoms with Gasteiger partial charge >= 0.3 is 0 Å². The fourth-order valence-corrected chi connectivity index (χ4v) is 3.72. The van der Waals surface area contributed by atoms with Gasteiger partial charge in [-0.2, -0.15) is 0 Å². The van der Waals surface area contributed by atoms with Gasteiger partial charge in [-0.15, -0.1) is 0 Å². The summed E-state index contributed by atoms with van der Waals surface area (Å²) in [5.74, 6) is 1.16. The first-order valence-electron chi connectivity index (χ1n) is 10.3. The number of aromatic nitrogens is 1. The van der Waals surface area contributed by atoms with Gasteiger partial charge in [0.1, 0.15) is 5.75 Å². The second-order valence-corrected chi connectivity index (χ2v) is 7.34. The summed E-state index contributed by atoms with van der Waals surface area (Å²) in [5, 5.41) is 0.880. The van der Waals surface area contributed by atoms with Crippen molar-refractivity contribution in [3.63, 3.8) is 0 Å². The zero-order valence-electron chi connectivity index (χ0n) is 18.6. The van der Waals surface area contributed by atoms with Crippen LogP contribution in [0.2, 0.25) is 0 Å². The van der Waals surface area contributed by atoms with E-state index < -0.39 is 0 Å². The van der Waals surface area contributed by atoms with Gasteiger partial charge in [-0.05, 0) is 47.9 Å². The number of carbonyl (C=O) groups is 1. The second-order valence-electron chi connectivity index (χ2n) is 7.34. The van der Waals surface area contributed by atoms with Crippen molar-refractivity contribution < 1.29 is 19.0 Å². The van der Waals surface area contributed by atoms with Crippen LogP contribution >= 0.6 is 0 Å². The molecule has 4 aromatic rings. The number of rotatable bonds is 7. The molecule has 0 aliphatic heterocycles. The summed E-state index contributed by atoms with van der Waals surface area (Å²) in [6.45, 7) is 0.0493. The lowest BCUT2D eigenvalue weighted by Gasteiger charge is -2.25. The Morgan fingerprint density at radius 1 is 0.818 bits per heavy atom. The molecule has 1 heterocycles. The summed E-state index contributed by atoms with van der Waals surface area (Å²) in [7, 11) is 4.59. The van der Waals surface area contributed by atoms with Gasteiger partial charge in [0.15, 0.2) is 11.5 Å². The van der Waals surface area contributed by atoms with Crippen molar-refractivity contribution in [3.05, 3.63) is 94.3 Å². The summed E-state index contributed by atoms with van der Waals surface area (Å²) < 4.78 is 16.2. The van der Waals surface area contributed by atoms with Crippen LogP contribution in [0.15, 0.2) is 77.6 Å². The lowest BCUT2D eigenvalue weighted by Crippen LogP contribution is -2.33. The van der Waals surface area contributed by atoms with Crippen LogP contribution < -0.4 is 24.7 Å². The number of amides is 1. The number of pyridine rings is 1. The highest BCUT2D eigenvalue weighted by Crippen LogP contribution is 2.33. The van der Waals surface area contributed by atoms with Gasteiger partial charge in [0.25, 0.3) is 11.5 Å². The van der Waals surface area contributed by atoms with Crippen LogP contribution in [-0.4, -0.2) is 32.2 Å². The molecule has 4 rings (SSSR count). The molecule has 0 atom stereocenters. The predicted molar refractivity (Wildman–Crippen MR) is 128 cm³/mol. The van der Waals surface area contributed by atoms with Crippen molar-refractivity contribution in [2.45, 2.75) is 6.54 Å². The third-order valence-electron chi connectivity index (χ3n) is 5.41. The molecule has 0 bridgehead atoms. The van der Waals surface area contributed by atoms with Crippen molar-refractivity contribution in [1.29, 1.82) is 0 Å². The molecular weight excluding hydrogens is 420 g/mol. The molecule has 0 aliphatic rings. The van der Waals surface area contributed by atoms with E-state index in [1.54, 1.807) is 43.5 Å². The average Bonchev–Trinajstić information content (AvgIpc) is 2.86. The lowest BCUT2D eigenvalue weighted by molar-refractivity contribution is 0.0984. The Morgan fingerprint density at radius 3 is 2.27 bits per heavy atom. The molecular formula is C26H24N2O5. The average molecular weight is 444 g/mol. The third-order valence-corrected chi connectivity index (χ3v) is 5.41. The molecule has 168 valence electrons. The van der Waals surface area contributed by atoms with Crippen LogP contribution in [0.4, 0.5) is 5.69 Å². The molecule has 0 aliphatic carbocycles. The summed E-state index contributed by atoms with van der Waals surface area (Å²) in [4.78, 5) is 31.0. The number of carbonyl (C=O) groups excluding carboxylic acids is 1. The number of fused-ring (bicyclic) bond motifs is 1. The first-order chi connectivity index (χ1) is 16.0. The summed E-state index contributed by atoms with van der Waals surface area (Å²) in [6, 6.07) is 21.5. The number of methoxy groups -OCH3 is 3. The highest BCUT2D eigenvalue weighted by molar-refractivity contribution is 6.07. The van der Waals surface area contributed by atoms with Gasteiger partial charge < -0.3 is 24.1 Å². The summed E-state index contributed by atoms with van der Waals surface area (Å²) >= 11 is 0. The van der Waals surface area contributed by atoms with E-state index in [0.717, 1.165) is 10.9 Å². The van der Waals surface area contributed by atoms with Gasteiger partial charge in [0.05, 0.1) is 33.6 Å². The molecule has 1 aromatic heterocycles. The Bertz CT molecular complexity index is 1360. The number of para-hydroxylation sites is 3. The van der Waals surface area contributed by atoms with Crippen LogP contribution in [0.1, 0.15) is 15.9 Å². The smallest absolute Gasteiger partial charge is 0.258 e. The van der Waals surface area contributed by atoms with E-state index in [0.29, 0.717) is 34.1 Å². The Kier molecular flexibility index (Phi) is 6.31. The van der Waals surface area contributed by atoms with E-state index in [-0.39, 0.29) is 18.0 Å². The Balaban J connectivity index is 1.82. The Hall–Kier alpha value is -4.26. The van der Waals surface area contributed by atoms with E-state index in [2.05, 4.69) is 4.98 Å². The standard InChI is InChI=1S/C26H24N2O5/c1-31-22-11-7-6-10-21(22)28(26(30)18-12-13-23(32-2)24(15-18)33-3)16-19-14-17-8-4-5-9-20(17)27-25(19)29/h4-15H,16H2,1-3H3,(H,27,29). The van der Waals surface area contributed by atoms with E-state index >= 15 is 0 Å². The largest absolute Gasteiger partial charge is 0.495 e. The van der Waals surface area contributed by atoms with Crippen LogP contribution in [0.25, 0.3) is 10.9 Å². The van der Waals surface area contributed by atoms with Crippen LogP contribution in [0.3, 0.4) is 0 Å². The van der Waals surface area contributed by atoms with Crippen LogP contribution in [0, 0.1) is 0 Å². The van der Waals surface area contributed by atoms with E-state index in [4.69, 9.17) is 14.2 Å². The number of aromatic amines is 1. The molecule has 0 fully saturated rings. The van der Waals surface area contributed by atoms with Gasteiger partial charge in [0, 0.05) is 16.6 Å². The third kappa shape index (κ3) is 4.39. The van der Waals surface area contributed by atoms with Crippen molar-refractivity contribution >= 4 is 22.5 Å². The van der Waals surface area contributed by atoms with Crippen molar-refractivity contribution in [2.75, 3.05) is 26.2 Å². The monoisotopic (exact) mass is 444 g/mol. The fourth-order valence-electron chi connectivity index (χ4n) is 3.72. The minimum atomic E-state index is -0.312. The second kappa shape index (κ2) is 9.48. The number of hydrogen-bond donors (Lipinski definition) is 1. The molecule has 0 radical (unpaired) electrons. The highest BCUT2D eigenvalue weighted by Gasteiger charge is 2.23. The molecule has 7 heteroatoms. The van der Waals surface area contributed by atoms with Gasteiger partial charge in [-0.25, -0.2) is 0 Å². The number of benzene rings is 3. The molecule has 0 unspecified atom stereocenters. The fraction of sp³-hybridized carbons (Fsp3) is 0.154. The van der Waals surface area contributed by atoms with E-state index in [1.165, 1.54) is 19.1 Å². The SMILES string of the molecule is COc1ccc(C(=O)N(Cc2cc3ccccc3[nH]c2=O)c2ccccc2OC)cc1OC. The maximum atomic E-state index is 13.7. The van der Waals surface area contributed by atoms with Crippen LogP contribution in [-0.2, 0) is 6.54 Å². The first kappa shape index (κ1) is 22.0. The summed E-state index contributed by atoms with van der Waals surface area (Å²) in [6.07, 6.45) is 0. The Morgan fingerprint density at radius 2 is 1.52 bits per heavy atom. The molecule has 1 amide bonds. The number of anilines is 1. The normalized spacial score (nSPS) is 10.6. The number of ether oxygens (including phenoxy) is 3. The zero-order chi connectivity index (χ0) is 23.4. The van der Waals surface area contributed by atoms with Gasteiger partial charge in [0.2, 0.25) is 0 Å². The van der Waals surface area contributed by atoms with E-state index in [9.17, 15) is 9.59 Å². The molecule has 0 spiro atoms. The lowest BCUT2D eigenvalue weighted by atomic mass is 10.1. The number of H-pyrrole nitrogens is 1. The number of hydrogen-bond acceptors (Lipinski definition) is 5. The minimum Gasteiger partial charge on any atom is -0.495 e. The first-order valence-corrected chi connectivity index (χ1v) is 10.3. The van der Waals surface area contributed by atoms with Crippen molar-refractivity contribution in [2.24, 2.45) is 0 Å². The topological polar surface area (TPSA) is 80.9 Å². The summed E-state index contributed by atoms with van der Waals surface area (Å²) in [5.41, 5.74) is 1.87. The van der Waals surface area contributed by atoms with Crippen LogP contribution in [0.5, 0.6) is 17.2 Å². The predicted octanol–water partition coefficient (Wildman–Crippen LogP) is 4.40. The molecule has 1 N–H and O–H groups in total. The minimum absolute atomic E-state index is 0.0493. The zero-order valence-corrected chi connectivity index (χ0v) is 18.6. The molecule has 3 aromatic carbocycles. The molecule has 0 saturated heterocycles. The molecule has 33 heavy (non-hydrogen) atoms. The molecule has 7 nitrogen and oxygen atoms in total. The maximum absolute atomic E-state index is 13.7. The quantitative estimate of drug-likeness (QED) is 0.457.